The first-order chi connectivity index (χ1) is 15.1. The molecule has 3 aromatic carbocycles. The number of halogens is 1. The van der Waals surface area contributed by atoms with Crippen LogP contribution in [0.1, 0.15) is 27.0 Å². The van der Waals surface area contributed by atoms with Gasteiger partial charge in [0.25, 0.3) is 5.91 Å². The molecule has 6 heteroatoms. The molecule has 0 saturated carbocycles. The summed E-state index contributed by atoms with van der Waals surface area (Å²) < 4.78 is 0. The lowest BCUT2D eigenvalue weighted by Gasteiger charge is -2.08. The van der Waals surface area contributed by atoms with Gasteiger partial charge in [0, 0.05) is 58.1 Å². The second kappa shape index (κ2) is 8.10. The zero-order chi connectivity index (χ0) is 21.4. The van der Waals surface area contributed by atoms with E-state index in [1.807, 2.05) is 36.4 Å². The summed E-state index contributed by atoms with van der Waals surface area (Å²) in [6, 6.07) is 20.3. The van der Waals surface area contributed by atoms with E-state index in [0.29, 0.717) is 30.1 Å². The minimum Gasteiger partial charge on any atom is -0.396 e. The number of fused-ring (bicyclic) bond motifs is 2. The van der Waals surface area contributed by atoms with Gasteiger partial charge in [0.15, 0.2) is 0 Å². The molecule has 0 spiro atoms. The van der Waals surface area contributed by atoms with E-state index in [4.69, 9.17) is 16.7 Å². The summed E-state index contributed by atoms with van der Waals surface area (Å²) in [5, 5.41) is 17.0. The van der Waals surface area contributed by atoms with E-state index < -0.39 is 0 Å². The SMILES string of the molecule is O=C1NCc2c(Cl)ccc(-c3cc4cc(CNc5ccc(CCO)cc5)ccc4[nH]3)c21. The van der Waals surface area contributed by atoms with Crippen LogP contribution in [-0.4, -0.2) is 22.6 Å². The van der Waals surface area contributed by atoms with E-state index in [9.17, 15) is 4.79 Å². The monoisotopic (exact) mass is 431 g/mol. The molecule has 0 saturated heterocycles. The molecule has 0 bridgehead atoms. The number of carbonyl (C=O) groups is 1. The number of aromatic nitrogens is 1. The Labute approximate surface area is 185 Å². The molecule has 4 N–H and O–H groups in total. The molecular formula is C25H22ClN3O2. The Morgan fingerprint density at radius 3 is 2.61 bits per heavy atom. The molecule has 1 aromatic heterocycles. The molecule has 1 aliphatic rings. The maximum absolute atomic E-state index is 12.4. The highest BCUT2D eigenvalue weighted by molar-refractivity contribution is 6.32. The van der Waals surface area contributed by atoms with Gasteiger partial charge in [0.2, 0.25) is 0 Å². The van der Waals surface area contributed by atoms with Crippen molar-refractivity contribution in [3.05, 3.63) is 87.9 Å². The average Bonchev–Trinajstić information content (AvgIpc) is 3.38. The number of nitrogens with one attached hydrogen (secondary N) is 3. The van der Waals surface area contributed by atoms with Gasteiger partial charge >= 0.3 is 0 Å². The van der Waals surface area contributed by atoms with Crippen LogP contribution in [0.2, 0.25) is 5.02 Å². The molecule has 0 fully saturated rings. The fraction of sp³-hybridized carbons (Fsp3) is 0.160. The van der Waals surface area contributed by atoms with Crippen LogP contribution in [0.3, 0.4) is 0 Å². The first-order valence-electron chi connectivity index (χ1n) is 10.3. The summed E-state index contributed by atoms with van der Waals surface area (Å²) in [4.78, 5) is 15.8. The van der Waals surface area contributed by atoms with E-state index in [-0.39, 0.29) is 12.5 Å². The van der Waals surface area contributed by atoms with Gasteiger partial charge in [-0.3, -0.25) is 4.79 Å². The highest BCUT2D eigenvalue weighted by Gasteiger charge is 2.26. The molecule has 0 radical (unpaired) electrons. The number of aliphatic hydroxyl groups excluding tert-OH is 1. The topological polar surface area (TPSA) is 77.2 Å². The summed E-state index contributed by atoms with van der Waals surface area (Å²) in [6.45, 7) is 1.33. The molecule has 5 rings (SSSR count). The number of rotatable bonds is 6. The molecule has 1 amide bonds. The Hall–Kier alpha value is -3.28. The molecule has 0 atom stereocenters. The van der Waals surface area contributed by atoms with Crippen molar-refractivity contribution in [3.8, 4) is 11.3 Å². The molecule has 1 aliphatic heterocycles. The molecule has 5 nitrogen and oxygen atoms in total. The van der Waals surface area contributed by atoms with Gasteiger partial charge in [-0.1, -0.05) is 35.9 Å². The number of carbonyl (C=O) groups excluding carboxylic acids is 1. The number of amides is 1. The number of H-pyrrole nitrogens is 1. The van der Waals surface area contributed by atoms with Crippen LogP contribution in [0.5, 0.6) is 0 Å². The van der Waals surface area contributed by atoms with Crippen LogP contribution >= 0.6 is 11.6 Å². The predicted octanol–water partition coefficient (Wildman–Crippen LogP) is 4.88. The lowest BCUT2D eigenvalue weighted by molar-refractivity contribution is 0.0966. The van der Waals surface area contributed by atoms with Crippen molar-refractivity contribution in [2.24, 2.45) is 0 Å². The Morgan fingerprint density at radius 1 is 1.00 bits per heavy atom. The highest BCUT2D eigenvalue weighted by atomic mass is 35.5. The summed E-state index contributed by atoms with van der Waals surface area (Å²) >= 11 is 6.28. The Bertz CT molecular complexity index is 1280. The van der Waals surface area contributed by atoms with Crippen molar-refractivity contribution in [1.29, 1.82) is 0 Å². The zero-order valence-corrected chi connectivity index (χ0v) is 17.6. The normalized spacial score (nSPS) is 12.8. The minimum atomic E-state index is -0.0824. The summed E-state index contributed by atoms with van der Waals surface area (Å²) in [5.41, 5.74) is 7.64. The van der Waals surface area contributed by atoms with Crippen molar-refractivity contribution >= 4 is 34.1 Å². The van der Waals surface area contributed by atoms with Crippen LogP contribution in [-0.2, 0) is 19.5 Å². The molecule has 0 unspecified atom stereocenters. The van der Waals surface area contributed by atoms with E-state index in [2.05, 4.69) is 39.9 Å². The van der Waals surface area contributed by atoms with Gasteiger partial charge in [-0.05, 0) is 53.9 Å². The van der Waals surface area contributed by atoms with Gasteiger partial charge in [0.05, 0.1) is 5.56 Å². The Kier molecular flexibility index (Phi) is 5.14. The molecular weight excluding hydrogens is 410 g/mol. The summed E-state index contributed by atoms with van der Waals surface area (Å²) in [7, 11) is 0. The first-order valence-corrected chi connectivity index (χ1v) is 10.7. The molecule has 0 aliphatic carbocycles. The highest BCUT2D eigenvalue weighted by Crippen LogP contribution is 2.34. The van der Waals surface area contributed by atoms with Crippen LogP contribution in [0.15, 0.2) is 60.7 Å². The van der Waals surface area contributed by atoms with Crippen molar-refractivity contribution in [3.63, 3.8) is 0 Å². The number of hydrogen-bond donors (Lipinski definition) is 4. The fourth-order valence-electron chi connectivity index (χ4n) is 4.10. The Balaban J connectivity index is 1.39. The predicted molar refractivity (Wildman–Crippen MR) is 124 cm³/mol. The van der Waals surface area contributed by atoms with Gasteiger partial charge in [-0.15, -0.1) is 0 Å². The maximum atomic E-state index is 12.4. The van der Waals surface area contributed by atoms with Crippen molar-refractivity contribution in [2.75, 3.05) is 11.9 Å². The van der Waals surface area contributed by atoms with E-state index >= 15 is 0 Å². The third-order valence-electron chi connectivity index (χ3n) is 5.73. The average molecular weight is 432 g/mol. The Morgan fingerprint density at radius 2 is 1.81 bits per heavy atom. The lowest BCUT2D eigenvalue weighted by Crippen LogP contribution is -2.13. The van der Waals surface area contributed by atoms with Crippen molar-refractivity contribution < 1.29 is 9.90 Å². The molecule has 2 heterocycles. The number of benzene rings is 3. The third kappa shape index (κ3) is 3.78. The number of anilines is 1. The van der Waals surface area contributed by atoms with E-state index in [0.717, 1.165) is 44.5 Å². The van der Waals surface area contributed by atoms with Crippen LogP contribution in [0, 0.1) is 0 Å². The fourth-order valence-corrected chi connectivity index (χ4v) is 4.32. The first kappa shape index (κ1) is 19.7. The standard InChI is InChI=1S/C25H22ClN3O2/c26-21-7-6-19(24-20(21)14-28-25(24)31)23-12-17-11-16(3-8-22(17)29-23)13-27-18-4-1-15(2-5-18)9-10-30/h1-8,11-12,27,29-30H,9-10,13-14H2,(H,28,31). The van der Waals surface area contributed by atoms with Gasteiger partial charge < -0.3 is 20.7 Å². The number of hydrogen-bond acceptors (Lipinski definition) is 3. The zero-order valence-electron chi connectivity index (χ0n) is 16.8. The molecule has 31 heavy (non-hydrogen) atoms. The second-order valence-electron chi connectivity index (χ2n) is 7.76. The van der Waals surface area contributed by atoms with Gasteiger partial charge in [0.1, 0.15) is 0 Å². The molecule has 4 aromatic rings. The minimum absolute atomic E-state index is 0.0824. The van der Waals surface area contributed by atoms with Gasteiger partial charge in [-0.2, -0.15) is 0 Å². The summed E-state index contributed by atoms with van der Waals surface area (Å²) in [5.74, 6) is -0.0824. The van der Waals surface area contributed by atoms with Crippen LogP contribution in [0.25, 0.3) is 22.2 Å². The van der Waals surface area contributed by atoms with Crippen LogP contribution < -0.4 is 10.6 Å². The largest absolute Gasteiger partial charge is 0.396 e. The smallest absolute Gasteiger partial charge is 0.252 e. The quantitative estimate of drug-likeness (QED) is 0.351. The third-order valence-corrected chi connectivity index (χ3v) is 6.09. The van der Waals surface area contributed by atoms with E-state index in [1.165, 1.54) is 0 Å². The molecule has 156 valence electrons. The maximum Gasteiger partial charge on any atom is 0.252 e. The second-order valence-corrected chi connectivity index (χ2v) is 8.17. The van der Waals surface area contributed by atoms with Crippen molar-refractivity contribution in [2.45, 2.75) is 19.5 Å². The number of aliphatic hydroxyl groups is 1. The van der Waals surface area contributed by atoms with Crippen LogP contribution in [0.4, 0.5) is 5.69 Å². The van der Waals surface area contributed by atoms with Crippen molar-refractivity contribution in [1.82, 2.24) is 10.3 Å². The summed E-state index contributed by atoms with van der Waals surface area (Å²) in [6.07, 6.45) is 0.672. The van der Waals surface area contributed by atoms with E-state index in [1.54, 1.807) is 0 Å². The number of aromatic amines is 1. The van der Waals surface area contributed by atoms with Gasteiger partial charge in [-0.25, -0.2) is 0 Å². The lowest BCUT2D eigenvalue weighted by atomic mass is 10.0.